The summed E-state index contributed by atoms with van der Waals surface area (Å²) in [6.07, 6.45) is 5.96. The fourth-order valence-electron chi connectivity index (χ4n) is 4.77. The second-order valence-electron chi connectivity index (χ2n) is 8.80. The Kier molecular flexibility index (Phi) is 7.10. The molecule has 2 aromatic heterocycles. The highest BCUT2D eigenvalue weighted by atomic mass is 16.5. The zero-order chi connectivity index (χ0) is 24.9. The number of oxazole rings is 1. The molecule has 0 radical (unpaired) electrons. The first-order valence-electron chi connectivity index (χ1n) is 12.5. The number of rotatable bonds is 9. The molecule has 36 heavy (non-hydrogen) atoms. The van der Waals surface area contributed by atoms with Gasteiger partial charge in [0, 0.05) is 25.0 Å². The van der Waals surface area contributed by atoms with E-state index in [-0.39, 0.29) is 6.04 Å². The summed E-state index contributed by atoms with van der Waals surface area (Å²) in [5.74, 6) is 1.55. The monoisotopic (exact) mass is 485 g/mol. The largest absolute Gasteiger partial charge is 0.492 e. The molecule has 4 aromatic rings. The van der Waals surface area contributed by atoms with Crippen molar-refractivity contribution in [3.05, 3.63) is 66.0 Å². The third-order valence-electron chi connectivity index (χ3n) is 6.42. The van der Waals surface area contributed by atoms with Crippen LogP contribution in [0.3, 0.4) is 0 Å². The second kappa shape index (κ2) is 10.8. The summed E-state index contributed by atoms with van der Waals surface area (Å²) in [5.41, 5.74) is 3.88. The molecule has 0 atom stereocenters. The lowest BCUT2D eigenvalue weighted by Crippen LogP contribution is -2.43. The number of nitrogens with one attached hydrogen (secondary N) is 1. The van der Waals surface area contributed by atoms with Crippen molar-refractivity contribution in [3.63, 3.8) is 0 Å². The Balaban J connectivity index is 1.56. The highest BCUT2D eigenvalue weighted by Crippen LogP contribution is 2.36. The van der Waals surface area contributed by atoms with E-state index in [2.05, 4.69) is 28.4 Å². The van der Waals surface area contributed by atoms with Crippen molar-refractivity contribution >= 4 is 17.1 Å². The van der Waals surface area contributed by atoms with Crippen molar-refractivity contribution in [2.75, 3.05) is 31.2 Å². The SMILES string of the molecule is CCOc1cc(CN(c2nc3cc(C#N)ccc3o2)C2CCNCC2)cc(OCC)c1-n1cccc1. The molecule has 1 N–H and O–H groups in total. The summed E-state index contributed by atoms with van der Waals surface area (Å²) in [5, 5.41) is 12.7. The van der Waals surface area contributed by atoms with Gasteiger partial charge in [-0.25, -0.2) is 0 Å². The third kappa shape index (κ3) is 4.88. The molecule has 0 saturated carbocycles. The molecular weight excluding hydrogens is 454 g/mol. The summed E-state index contributed by atoms with van der Waals surface area (Å²) in [7, 11) is 0. The van der Waals surface area contributed by atoms with Crippen LogP contribution in [0.5, 0.6) is 11.5 Å². The number of anilines is 1. The van der Waals surface area contributed by atoms with E-state index in [0.29, 0.717) is 42.4 Å². The lowest BCUT2D eigenvalue weighted by atomic mass is 10.0. The topological polar surface area (TPSA) is 88.5 Å². The van der Waals surface area contributed by atoms with Gasteiger partial charge in [-0.05, 0) is 87.8 Å². The highest BCUT2D eigenvalue weighted by Gasteiger charge is 2.27. The molecule has 1 aliphatic rings. The Morgan fingerprint density at radius 3 is 2.42 bits per heavy atom. The number of nitriles is 1. The maximum absolute atomic E-state index is 9.29. The first-order chi connectivity index (χ1) is 17.7. The average molecular weight is 486 g/mol. The van der Waals surface area contributed by atoms with Crippen molar-refractivity contribution < 1.29 is 13.9 Å². The lowest BCUT2D eigenvalue weighted by Gasteiger charge is -2.34. The highest BCUT2D eigenvalue weighted by molar-refractivity contribution is 5.76. The second-order valence-corrected chi connectivity index (χ2v) is 8.80. The first kappa shape index (κ1) is 23.8. The molecule has 8 heteroatoms. The normalized spacial score (nSPS) is 14.0. The molecule has 5 rings (SSSR count). The third-order valence-corrected chi connectivity index (χ3v) is 6.42. The van der Waals surface area contributed by atoms with Gasteiger partial charge < -0.3 is 28.7 Å². The van der Waals surface area contributed by atoms with Gasteiger partial charge in [0.1, 0.15) is 22.7 Å². The standard InChI is InChI=1S/C28H31N5O3/c1-3-34-25-16-21(17-26(35-4-2)27(25)32-13-5-6-14-32)19-33(22-9-11-30-12-10-22)28-31-23-15-20(18-29)7-8-24(23)36-28/h5-8,13-17,22,30H,3-4,9-12,19H2,1-2H3. The Morgan fingerprint density at radius 1 is 1.08 bits per heavy atom. The number of benzene rings is 2. The van der Waals surface area contributed by atoms with E-state index in [1.807, 2.05) is 49.0 Å². The quantitative estimate of drug-likeness (QED) is 0.355. The molecule has 0 unspecified atom stereocenters. The lowest BCUT2D eigenvalue weighted by molar-refractivity contribution is 0.320. The van der Waals surface area contributed by atoms with Gasteiger partial charge in [-0.15, -0.1) is 0 Å². The Labute approximate surface area is 211 Å². The van der Waals surface area contributed by atoms with Crippen LogP contribution in [0.15, 0.2) is 59.3 Å². The van der Waals surface area contributed by atoms with Crippen molar-refractivity contribution in [2.24, 2.45) is 0 Å². The zero-order valence-corrected chi connectivity index (χ0v) is 20.7. The number of hydrogen-bond acceptors (Lipinski definition) is 7. The van der Waals surface area contributed by atoms with E-state index < -0.39 is 0 Å². The van der Waals surface area contributed by atoms with E-state index >= 15 is 0 Å². The van der Waals surface area contributed by atoms with E-state index in [9.17, 15) is 5.26 Å². The van der Waals surface area contributed by atoms with Gasteiger partial charge in [-0.1, -0.05) is 0 Å². The molecule has 186 valence electrons. The van der Waals surface area contributed by atoms with Crippen LogP contribution >= 0.6 is 0 Å². The molecule has 0 amide bonds. The molecule has 8 nitrogen and oxygen atoms in total. The van der Waals surface area contributed by atoms with Gasteiger partial charge in [-0.2, -0.15) is 10.2 Å². The fourth-order valence-corrected chi connectivity index (χ4v) is 4.77. The van der Waals surface area contributed by atoms with Crippen LogP contribution in [-0.4, -0.2) is 41.9 Å². The summed E-state index contributed by atoms with van der Waals surface area (Å²) >= 11 is 0. The predicted molar refractivity (Wildman–Crippen MR) is 139 cm³/mol. The molecule has 0 aliphatic carbocycles. The number of piperidine rings is 1. The van der Waals surface area contributed by atoms with Gasteiger partial charge in [-0.3, -0.25) is 0 Å². The van der Waals surface area contributed by atoms with Crippen LogP contribution in [0.4, 0.5) is 6.01 Å². The van der Waals surface area contributed by atoms with Crippen molar-refractivity contribution in [3.8, 4) is 23.3 Å². The summed E-state index contributed by atoms with van der Waals surface area (Å²) < 4.78 is 20.4. The average Bonchev–Trinajstić information content (AvgIpc) is 3.58. The zero-order valence-electron chi connectivity index (χ0n) is 20.7. The minimum atomic E-state index is 0.268. The Morgan fingerprint density at radius 2 is 1.78 bits per heavy atom. The molecule has 0 spiro atoms. The van der Waals surface area contributed by atoms with Crippen molar-refractivity contribution in [2.45, 2.75) is 39.3 Å². The van der Waals surface area contributed by atoms with Crippen molar-refractivity contribution in [1.29, 1.82) is 5.26 Å². The van der Waals surface area contributed by atoms with Gasteiger partial charge in [0.05, 0.1) is 24.8 Å². The molecule has 3 heterocycles. The number of ether oxygens (including phenoxy) is 2. The van der Waals surface area contributed by atoms with Gasteiger partial charge in [0.25, 0.3) is 6.01 Å². The molecular formula is C28H31N5O3. The molecule has 2 aromatic carbocycles. The Hall–Kier alpha value is -3.96. The minimum absolute atomic E-state index is 0.268. The maximum atomic E-state index is 9.29. The van der Waals surface area contributed by atoms with Crippen LogP contribution < -0.4 is 19.7 Å². The molecule has 1 saturated heterocycles. The number of nitrogens with zero attached hydrogens (tertiary/aromatic N) is 4. The maximum Gasteiger partial charge on any atom is 0.298 e. The smallest absolute Gasteiger partial charge is 0.298 e. The molecule has 1 fully saturated rings. The predicted octanol–water partition coefficient (Wildman–Crippen LogP) is 5.05. The molecule has 1 aliphatic heterocycles. The number of hydrogen-bond donors (Lipinski definition) is 1. The Bertz CT molecular complexity index is 1320. The van der Waals surface area contributed by atoms with E-state index in [0.717, 1.165) is 48.7 Å². The van der Waals surface area contributed by atoms with E-state index in [1.54, 1.807) is 12.1 Å². The fraction of sp³-hybridized carbons (Fsp3) is 0.357. The van der Waals surface area contributed by atoms with Crippen molar-refractivity contribution in [1.82, 2.24) is 14.9 Å². The van der Waals surface area contributed by atoms with Crippen LogP contribution in [0, 0.1) is 11.3 Å². The first-order valence-corrected chi connectivity index (χ1v) is 12.5. The van der Waals surface area contributed by atoms with Gasteiger partial charge in [0.2, 0.25) is 0 Å². The van der Waals surface area contributed by atoms with E-state index in [1.165, 1.54) is 0 Å². The summed E-state index contributed by atoms with van der Waals surface area (Å²) in [6.45, 7) is 7.56. The van der Waals surface area contributed by atoms with Gasteiger partial charge in [0.15, 0.2) is 5.58 Å². The van der Waals surface area contributed by atoms with E-state index in [4.69, 9.17) is 18.9 Å². The summed E-state index contributed by atoms with van der Waals surface area (Å²) in [6, 6.07) is 16.5. The number of aromatic nitrogens is 2. The van der Waals surface area contributed by atoms with Crippen LogP contribution in [0.2, 0.25) is 0 Å². The summed E-state index contributed by atoms with van der Waals surface area (Å²) in [4.78, 5) is 7.03. The minimum Gasteiger partial charge on any atom is -0.492 e. The molecule has 0 bridgehead atoms. The van der Waals surface area contributed by atoms with Crippen LogP contribution in [-0.2, 0) is 6.54 Å². The number of fused-ring (bicyclic) bond motifs is 1. The van der Waals surface area contributed by atoms with Crippen LogP contribution in [0.25, 0.3) is 16.8 Å². The van der Waals surface area contributed by atoms with Gasteiger partial charge >= 0.3 is 0 Å². The van der Waals surface area contributed by atoms with Crippen LogP contribution in [0.1, 0.15) is 37.8 Å².